The average Bonchev–Trinajstić information content (AvgIpc) is 3.01. The van der Waals surface area contributed by atoms with Gasteiger partial charge in [0, 0.05) is 0 Å². The summed E-state index contributed by atoms with van der Waals surface area (Å²) in [6.45, 7) is 0. The number of fused-ring (bicyclic) bond motifs is 1. The molecule has 4 rings (SSSR count). The van der Waals surface area contributed by atoms with Crippen molar-refractivity contribution in [2.75, 3.05) is 7.11 Å². The van der Waals surface area contributed by atoms with Gasteiger partial charge in [0.05, 0.1) is 0 Å². The zero-order valence-electron chi connectivity index (χ0n) is 13.2. The van der Waals surface area contributed by atoms with Gasteiger partial charge in [-0.2, -0.15) is 0 Å². The summed E-state index contributed by atoms with van der Waals surface area (Å²) in [5.74, 6) is 1.81. The maximum atomic E-state index is 6.21. The van der Waals surface area contributed by atoms with Crippen molar-refractivity contribution in [1.29, 1.82) is 0 Å². The second-order valence-corrected chi connectivity index (χ2v) is 7.67. The third-order valence-corrected chi connectivity index (χ3v) is 6.21. The molecular weight excluding hydrogens is 363 g/mol. The van der Waals surface area contributed by atoms with Crippen LogP contribution in [0.3, 0.4) is 0 Å². The summed E-state index contributed by atoms with van der Waals surface area (Å²) in [7, 11) is 1.68. The molecule has 3 heteroatoms. The molecule has 24 heavy (non-hydrogen) atoms. The van der Waals surface area contributed by atoms with E-state index in [1.54, 1.807) is 7.11 Å². The number of hydrogen-bond donors (Lipinski definition) is 0. The molecule has 2 nitrogen and oxygen atoms in total. The van der Waals surface area contributed by atoms with Gasteiger partial charge in [-0.15, -0.1) is 0 Å². The standard InChI is InChI=1S/C21H16O2Se/c1-22-16-13-11-15(12-14-16)20-21(24-17-7-3-2-4-8-17)18-9-5-6-10-19(18)23-20/h2-14H,1H3. The molecule has 1 heterocycles. The molecule has 0 saturated heterocycles. The van der Waals surface area contributed by atoms with Crippen LogP contribution in [-0.4, -0.2) is 22.1 Å². The van der Waals surface area contributed by atoms with Crippen molar-refractivity contribution in [1.82, 2.24) is 0 Å². The van der Waals surface area contributed by atoms with Crippen LogP contribution in [0.1, 0.15) is 0 Å². The number of benzene rings is 3. The molecule has 118 valence electrons. The SMILES string of the molecule is COc1ccc(-c2oc3ccccc3c2[Se]c2ccccc2)cc1. The molecule has 0 aliphatic rings. The molecule has 0 atom stereocenters. The van der Waals surface area contributed by atoms with Crippen molar-refractivity contribution in [2.24, 2.45) is 0 Å². The molecule has 0 bridgehead atoms. The van der Waals surface area contributed by atoms with E-state index in [4.69, 9.17) is 9.15 Å². The first-order valence-corrected chi connectivity index (χ1v) is 9.45. The van der Waals surface area contributed by atoms with Gasteiger partial charge in [-0.3, -0.25) is 0 Å². The molecule has 3 aromatic carbocycles. The number of methoxy groups -OCH3 is 1. The first kappa shape index (κ1) is 15.1. The van der Waals surface area contributed by atoms with E-state index in [-0.39, 0.29) is 15.0 Å². The van der Waals surface area contributed by atoms with Crippen molar-refractivity contribution in [3.8, 4) is 17.1 Å². The van der Waals surface area contributed by atoms with Gasteiger partial charge in [0.25, 0.3) is 0 Å². The summed E-state index contributed by atoms with van der Waals surface area (Å²) in [5.41, 5.74) is 2.02. The molecule has 0 amide bonds. The fourth-order valence-corrected chi connectivity index (χ4v) is 4.89. The van der Waals surface area contributed by atoms with Gasteiger partial charge in [-0.1, -0.05) is 0 Å². The van der Waals surface area contributed by atoms with Crippen LogP contribution >= 0.6 is 0 Å². The molecule has 0 N–H and O–H groups in total. The van der Waals surface area contributed by atoms with E-state index in [0.717, 1.165) is 22.7 Å². The topological polar surface area (TPSA) is 22.4 Å². The summed E-state index contributed by atoms with van der Waals surface area (Å²) in [5, 5.41) is 1.20. The van der Waals surface area contributed by atoms with E-state index >= 15 is 0 Å². The van der Waals surface area contributed by atoms with E-state index < -0.39 is 0 Å². The molecule has 1 aromatic heterocycles. The number of hydrogen-bond acceptors (Lipinski definition) is 2. The fourth-order valence-electron chi connectivity index (χ4n) is 2.66. The van der Waals surface area contributed by atoms with Gasteiger partial charge in [-0.05, 0) is 0 Å². The number of para-hydroxylation sites is 1. The van der Waals surface area contributed by atoms with E-state index in [0.29, 0.717) is 0 Å². The van der Waals surface area contributed by atoms with Crippen molar-refractivity contribution >= 4 is 34.8 Å². The predicted molar refractivity (Wildman–Crippen MR) is 99.7 cm³/mol. The molecule has 0 spiro atoms. The zero-order chi connectivity index (χ0) is 16.4. The monoisotopic (exact) mass is 380 g/mol. The summed E-state index contributed by atoms with van der Waals surface area (Å²) >= 11 is 0.184. The van der Waals surface area contributed by atoms with Crippen molar-refractivity contribution in [3.05, 3.63) is 78.9 Å². The second-order valence-electron chi connectivity index (χ2n) is 5.40. The molecular formula is C21H16O2Se. The Morgan fingerprint density at radius 2 is 1.50 bits per heavy atom. The molecule has 4 aromatic rings. The number of ether oxygens (including phenoxy) is 1. The van der Waals surface area contributed by atoms with Crippen LogP contribution in [0.4, 0.5) is 0 Å². The Balaban J connectivity index is 1.85. The van der Waals surface area contributed by atoms with Gasteiger partial charge in [-0.25, -0.2) is 0 Å². The third kappa shape index (κ3) is 2.84. The molecule has 0 saturated carbocycles. The summed E-state index contributed by atoms with van der Waals surface area (Å²) < 4.78 is 14.1. The summed E-state index contributed by atoms with van der Waals surface area (Å²) in [6, 6.07) is 26.9. The van der Waals surface area contributed by atoms with Crippen molar-refractivity contribution in [2.45, 2.75) is 0 Å². The van der Waals surface area contributed by atoms with Crippen LogP contribution in [-0.2, 0) is 0 Å². The Morgan fingerprint density at radius 3 is 2.25 bits per heavy atom. The van der Waals surface area contributed by atoms with E-state index in [1.807, 2.05) is 24.3 Å². The molecule has 0 radical (unpaired) electrons. The van der Waals surface area contributed by atoms with Crippen LogP contribution in [0.15, 0.2) is 83.3 Å². The normalized spacial score (nSPS) is 10.9. The van der Waals surface area contributed by atoms with Gasteiger partial charge >= 0.3 is 147 Å². The van der Waals surface area contributed by atoms with Crippen molar-refractivity contribution in [3.63, 3.8) is 0 Å². The van der Waals surface area contributed by atoms with E-state index in [2.05, 4.69) is 54.6 Å². The van der Waals surface area contributed by atoms with Gasteiger partial charge in [0.1, 0.15) is 0 Å². The molecule has 0 unspecified atom stereocenters. The fraction of sp³-hybridized carbons (Fsp3) is 0.0476. The molecule has 0 fully saturated rings. The summed E-state index contributed by atoms with van der Waals surface area (Å²) in [6.07, 6.45) is 0. The van der Waals surface area contributed by atoms with E-state index in [9.17, 15) is 0 Å². The molecule has 0 aliphatic heterocycles. The Morgan fingerprint density at radius 1 is 0.792 bits per heavy atom. The van der Waals surface area contributed by atoms with E-state index in [1.165, 1.54) is 14.3 Å². The summed E-state index contributed by atoms with van der Waals surface area (Å²) in [4.78, 5) is 0. The first-order chi connectivity index (χ1) is 11.8. The number of furan rings is 1. The van der Waals surface area contributed by atoms with Gasteiger partial charge in [0.15, 0.2) is 0 Å². The van der Waals surface area contributed by atoms with Crippen molar-refractivity contribution < 1.29 is 9.15 Å². The first-order valence-electron chi connectivity index (χ1n) is 7.74. The minimum absolute atomic E-state index is 0.184. The average molecular weight is 379 g/mol. The zero-order valence-corrected chi connectivity index (χ0v) is 14.9. The Bertz CT molecular complexity index is 956. The van der Waals surface area contributed by atoms with Crippen LogP contribution in [0.5, 0.6) is 5.75 Å². The minimum atomic E-state index is 0.184. The van der Waals surface area contributed by atoms with Gasteiger partial charge < -0.3 is 0 Å². The molecule has 0 aliphatic carbocycles. The van der Waals surface area contributed by atoms with Gasteiger partial charge in [0.2, 0.25) is 0 Å². The Labute approximate surface area is 147 Å². The Hall–Kier alpha value is -2.48. The quantitative estimate of drug-likeness (QED) is 0.504. The predicted octanol–water partition coefficient (Wildman–Crippen LogP) is 3.76. The second kappa shape index (κ2) is 6.56. The van der Waals surface area contributed by atoms with Crippen LogP contribution in [0, 0.1) is 0 Å². The Kier molecular flexibility index (Phi) is 4.12. The maximum absolute atomic E-state index is 6.21. The van der Waals surface area contributed by atoms with Crippen LogP contribution in [0.25, 0.3) is 22.3 Å². The van der Waals surface area contributed by atoms with Crippen LogP contribution in [0.2, 0.25) is 0 Å². The number of rotatable bonds is 4. The third-order valence-electron chi connectivity index (χ3n) is 3.87. The van der Waals surface area contributed by atoms with Crippen LogP contribution < -0.4 is 13.7 Å².